The van der Waals surface area contributed by atoms with Gasteiger partial charge in [0, 0.05) is 26.2 Å². The lowest BCUT2D eigenvalue weighted by molar-refractivity contribution is 0.0389. The zero-order chi connectivity index (χ0) is 15.1. The molecule has 4 nitrogen and oxygen atoms in total. The monoisotopic (exact) mass is 311 g/mol. The van der Waals surface area contributed by atoms with Gasteiger partial charge in [-0.2, -0.15) is 0 Å². The van der Waals surface area contributed by atoms with Crippen LogP contribution in [-0.4, -0.2) is 49.4 Å². The highest BCUT2D eigenvalue weighted by Gasteiger charge is 2.10. The van der Waals surface area contributed by atoms with Crippen LogP contribution in [0.5, 0.6) is 0 Å². The Morgan fingerprint density at radius 1 is 1.33 bits per heavy atom. The normalized spacial score (nSPS) is 17.2. The molecule has 0 bridgehead atoms. The predicted molar refractivity (Wildman–Crippen MR) is 85.8 cm³/mol. The molecule has 0 saturated carbocycles. The first-order valence-corrected chi connectivity index (χ1v) is 7.66. The van der Waals surface area contributed by atoms with Crippen molar-refractivity contribution in [2.75, 3.05) is 39.4 Å². The fourth-order valence-corrected chi connectivity index (χ4v) is 2.51. The number of benzene rings is 1. The SMILES string of the molecule is C[C@H](NC(=S)NCCN1CCOCC1)c1ccc(F)cc1. The summed E-state index contributed by atoms with van der Waals surface area (Å²) in [5.41, 5.74) is 1.01. The summed E-state index contributed by atoms with van der Waals surface area (Å²) in [4.78, 5) is 2.35. The topological polar surface area (TPSA) is 36.5 Å². The van der Waals surface area contributed by atoms with E-state index in [4.69, 9.17) is 17.0 Å². The summed E-state index contributed by atoms with van der Waals surface area (Å²) in [6.07, 6.45) is 0. The molecule has 1 aromatic rings. The van der Waals surface area contributed by atoms with E-state index in [1.807, 2.05) is 6.92 Å². The van der Waals surface area contributed by atoms with Gasteiger partial charge < -0.3 is 15.4 Å². The maximum absolute atomic E-state index is 12.9. The van der Waals surface area contributed by atoms with Crippen molar-refractivity contribution in [1.82, 2.24) is 15.5 Å². The standard InChI is InChI=1S/C15H22FN3OS/c1-12(13-2-4-14(16)5-3-13)18-15(21)17-6-7-19-8-10-20-11-9-19/h2-5,12H,6-11H2,1H3,(H2,17,18,21)/t12-/m0/s1. The molecule has 1 heterocycles. The molecule has 21 heavy (non-hydrogen) atoms. The zero-order valence-corrected chi connectivity index (χ0v) is 13.1. The van der Waals surface area contributed by atoms with Crippen molar-refractivity contribution in [2.45, 2.75) is 13.0 Å². The minimum atomic E-state index is -0.225. The summed E-state index contributed by atoms with van der Waals surface area (Å²) < 4.78 is 18.2. The average molecular weight is 311 g/mol. The van der Waals surface area contributed by atoms with Gasteiger partial charge in [-0.1, -0.05) is 12.1 Å². The molecular formula is C15H22FN3OS. The minimum Gasteiger partial charge on any atom is -0.379 e. The summed E-state index contributed by atoms with van der Waals surface area (Å²) in [5, 5.41) is 7.04. The molecule has 1 aliphatic heterocycles. The smallest absolute Gasteiger partial charge is 0.166 e. The van der Waals surface area contributed by atoms with Gasteiger partial charge in [-0.25, -0.2) is 4.39 Å². The van der Waals surface area contributed by atoms with Gasteiger partial charge in [-0.3, -0.25) is 4.90 Å². The molecule has 6 heteroatoms. The van der Waals surface area contributed by atoms with E-state index in [1.165, 1.54) is 12.1 Å². The number of rotatable bonds is 5. The van der Waals surface area contributed by atoms with E-state index in [0.29, 0.717) is 5.11 Å². The third-order valence-electron chi connectivity index (χ3n) is 3.53. The second kappa shape index (κ2) is 8.26. The zero-order valence-electron chi connectivity index (χ0n) is 12.3. The van der Waals surface area contributed by atoms with Crippen LogP contribution >= 0.6 is 12.2 Å². The van der Waals surface area contributed by atoms with Crippen LogP contribution in [0.25, 0.3) is 0 Å². The molecule has 1 saturated heterocycles. The Balaban J connectivity index is 1.67. The van der Waals surface area contributed by atoms with Gasteiger partial charge in [0.15, 0.2) is 5.11 Å². The van der Waals surface area contributed by atoms with Crippen LogP contribution in [0.4, 0.5) is 4.39 Å². The van der Waals surface area contributed by atoms with E-state index in [1.54, 1.807) is 12.1 Å². The Morgan fingerprint density at radius 2 is 2.00 bits per heavy atom. The van der Waals surface area contributed by atoms with Crippen LogP contribution in [0.1, 0.15) is 18.5 Å². The molecule has 0 radical (unpaired) electrons. The van der Waals surface area contributed by atoms with E-state index < -0.39 is 0 Å². The Hall–Kier alpha value is -1.24. The molecule has 0 spiro atoms. The largest absolute Gasteiger partial charge is 0.379 e. The molecule has 0 aliphatic carbocycles. The molecule has 0 aromatic heterocycles. The highest BCUT2D eigenvalue weighted by atomic mass is 32.1. The minimum absolute atomic E-state index is 0.0500. The highest BCUT2D eigenvalue weighted by molar-refractivity contribution is 7.80. The van der Waals surface area contributed by atoms with E-state index in [-0.39, 0.29) is 11.9 Å². The van der Waals surface area contributed by atoms with Crippen LogP contribution < -0.4 is 10.6 Å². The number of nitrogens with one attached hydrogen (secondary N) is 2. The van der Waals surface area contributed by atoms with Crippen molar-refractivity contribution >= 4 is 17.3 Å². The molecule has 1 fully saturated rings. The fourth-order valence-electron chi connectivity index (χ4n) is 2.23. The Labute approximate surface area is 130 Å². The van der Waals surface area contributed by atoms with Gasteiger partial charge in [0.05, 0.1) is 19.3 Å². The Bertz CT molecular complexity index is 449. The van der Waals surface area contributed by atoms with Crippen molar-refractivity contribution in [3.63, 3.8) is 0 Å². The van der Waals surface area contributed by atoms with Crippen molar-refractivity contribution in [1.29, 1.82) is 0 Å². The van der Waals surface area contributed by atoms with E-state index in [0.717, 1.165) is 45.0 Å². The van der Waals surface area contributed by atoms with E-state index in [2.05, 4.69) is 15.5 Å². The van der Waals surface area contributed by atoms with Gasteiger partial charge in [0.25, 0.3) is 0 Å². The number of thiocarbonyl (C=S) groups is 1. The molecule has 116 valence electrons. The number of hydrogen-bond acceptors (Lipinski definition) is 3. The lowest BCUT2D eigenvalue weighted by atomic mass is 10.1. The summed E-state index contributed by atoms with van der Waals surface area (Å²) in [6, 6.07) is 6.51. The van der Waals surface area contributed by atoms with Crippen LogP contribution in [0, 0.1) is 5.82 Å². The Morgan fingerprint density at radius 3 is 2.67 bits per heavy atom. The van der Waals surface area contributed by atoms with Crippen LogP contribution in [0.15, 0.2) is 24.3 Å². The average Bonchev–Trinajstić information content (AvgIpc) is 2.49. The molecule has 2 rings (SSSR count). The van der Waals surface area contributed by atoms with Crippen LogP contribution in [0.3, 0.4) is 0 Å². The van der Waals surface area contributed by atoms with Gasteiger partial charge in [0.1, 0.15) is 5.82 Å². The second-order valence-corrected chi connectivity index (χ2v) is 5.54. The first-order chi connectivity index (χ1) is 10.1. The molecular weight excluding hydrogens is 289 g/mol. The second-order valence-electron chi connectivity index (χ2n) is 5.13. The van der Waals surface area contributed by atoms with Crippen LogP contribution in [0.2, 0.25) is 0 Å². The quantitative estimate of drug-likeness (QED) is 0.809. The first-order valence-electron chi connectivity index (χ1n) is 7.25. The molecule has 1 aliphatic rings. The van der Waals surface area contributed by atoms with Crippen molar-refractivity contribution in [2.24, 2.45) is 0 Å². The van der Waals surface area contributed by atoms with Crippen molar-refractivity contribution < 1.29 is 9.13 Å². The summed E-state index contributed by atoms with van der Waals surface area (Å²) in [5.74, 6) is -0.225. The number of ether oxygens (including phenoxy) is 1. The van der Waals surface area contributed by atoms with E-state index >= 15 is 0 Å². The van der Waals surface area contributed by atoms with Gasteiger partial charge in [0.2, 0.25) is 0 Å². The van der Waals surface area contributed by atoms with Gasteiger partial charge >= 0.3 is 0 Å². The fraction of sp³-hybridized carbons (Fsp3) is 0.533. The number of hydrogen-bond donors (Lipinski definition) is 2. The molecule has 2 N–H and O–H groups in total. The van der Waals surface area contributed by atoms with Crippen molar-refractivity contribution in [3.8, 4) is 0 Å². The molecule has 1 atom stereocenters. The van der Waals surface area contributed by atoms with Gasteiger partial charge in [-0.05, 0) is 36.8 Å². The molecule has 1 aromatic carbocycles. The molecule has 0 unspecified atom stereocenters. The predicted octanol–water partition coefficient (Wildman–Crippen LogP) is 1.68. The summed E-state index contributed by atoms with van der Waals surface area (Å²) in [6.45, 7) is 7.34. The Kier molecular flexibility index (Phi) is 6.35. The number of morpholine rings is 1. The first kappa shape index (κ1) is 16.1. The maximum atomic E-state index is 12.9. The summed E-state index contributed by atoms with van der Waals surface area (Å²) in [7, 11) is 0. The van der Waals surface area contributed by atoms with Crippen molar-refractivity contribution in [3.05, 3.63) is 35.6 Å². The number of nitrogens with zero attached hydrogens (tertiary/aromatic N) is 1. The third kappa shape index (κ3) is 5.57. The number of halogens is 1. The van der Waals surface area contributed by atoms with Gasteiger partial charge in [-0.15, -0.1) is 0 Å². The van der Waals surface area contributed by atoms with Crippen LogP contribution in [-0.2, 0) is 4.74 Å². The summed E-state index contributed by atoms with van der Waals surface area (Å²) >= 11 is 5.28. The van der Waals surface area contributed by atoms with E-state index in [9.17, 15) is 4.39 Å². The lowest BCUT2D eigenvalue weighted by Gasteiger charge is -2.27. The third-order valence-corrected chi connectivity index (χ3v) is 3.80. The highest BCUT2D eigenvalue weighted by Crippen LogP contribution is 2.12. The molecule has 0 amide bonds. The lowest BCUT2D eigenvalue weighted by Crippen LogP contribution is -2.44. The maximum Gasteiger partial charge on any atom is 0.166 e.